The van der Waals surface area contributed by atoms with Gasteiger partial charge in [-0.05, 0) is 47.7 Å². The molecule has 1 aliphatic heterocycles. The molecule has 0 N–H and O–H groups in total. The lowest BCUT2D eigenvalue weighted by atomic mass is 10.1. The van der Waals surface area contributed by atoms with Crippen molar-refractivity contribution in [1.82, 2.24) is 0 Å². The molecule has 2 aromatic carbocycles. The first-order chi connectivity index (χ1) is 12.6. The third-order valence-corrected chi connectivity index (χ3v) is 4.90. The predicted octanol–water partition coefficient (Wildman–Crippen LogP) is 3.37. The first-order valence-electron chi connectivity index (χ1n) is 8.94. The molecular weight excluding hydrogens is 330 g/mol. The number of esters is 1. The second-order valence-corrected chi connectivity index (χ2v) is 7.02. The van der Waals surface area contributed by atoms with Gasteiger partial charge in [0.1, 0.15) is 19.8 Å². The van der Waals surface area contributed by atoms with Gasteiger partial charge in [0.05, 0.1) is 5.92 Å². The Morgan fingerprint density at radius 1 is 1.12 bits per heavy atom. The molecule has 0 aromatic heterocycles. The topological polar surface area (TPSA) is 48.0 Å². The molecule has 2 atom stereocenters. The molecule has 1 saturated carbocycles. The van der Waals surface area contributed by atoms with Crippen molar-refractivity contribution in [3.05, 3.63) is 53.6 Å². The van der Waals surface area contributed by atoms with Gasteiger partial charge in [-0.15, -0.1) is 0 Å². The van der Waals surface area contributed by atoms with Crippen molar-refractivity contribution in [2.24, 2.45) is 5.92 Å². The van der Waals surface area contributed by atoms with Gasteiger partial charge in [0.25, 0.3) is 0 Å². The maximum atomic E-state index is 12.4. The van der Waals surface area contributed by atoms with Gasteiger partial charge in [0, 0.05) is 19.8 Å². The summed E-state index contributed by atoms with van der Waals surface area (Å²) in [6.07, 6.45) is 0.830. The van der Waals surface area contributed by atoms with E-state index in [0.29, 0.717) is 19.8 Å². The summed E-state index contributed by atoms with van der Waals surface area (Å²) >= 11 is 0. The molecule has 0 spiro atoms. The van der Waals surface area contributed by atoms with E-state index < -0.39 is 0 Å². The second kappa shape index (κ2) is 6.90. The monoisotopic (exact) mass is 353 g/mol. The van der Waals surface area contributed by atoms with E-state index in [1.54, 1.807) is 0 Å². The summed E-state index contributed by atoms with van der Waals surface area (Å²) in [7, 11) is 3.99. The van der Waals surface area contributed by atoms with Crippen molar-refractivity contribution < 1.29 is 19.0 Å². The van der Waals surface area contributed by atoms with Crippen LogP contribution in [0.4, 0.5) is 5.69 Å². The number of hydrogen-bond donors (Lipinski definition) is 0. The van der Waals surface area contributed by atoms with Gasteiger partial charge in [-0.2, -0.15) is 0 Å². The van der Waals surface area contributed by atoms with Crippen molar-refractivity contribution in [3.63, 3.8) is 0 Å². The van der Waals surface area contributed by atoms with E-state index in [9.17, 15) is 4.79 Å². The van der Waals surface area contributed by atoms with Crippen LogP contribution in [0.3, 0.4) is 0 Å². The number of carbonyl (C=O) groups is 1. The van der Waals surface area contributed by atoms with Crippen LogP contribution in [0.25, 0.3) is 0 Å². The van der Waals surface area contributed by atoms with Gasteiger partial charge in [0.15, 0.2) is 11.5 Å². The van der Waals surface area contributed by atoms with Gasteiger partial charge < -0.3 is 19.1 Å². The third kappa shape index (κ3) is 3.47. The minimum Gasteiger partial charge on any atom is -0.486 e. The zero-order valence-corrected chi connectivity index (χ0v) is 15.1. The number of rotatable bonds is 5. The Hall–Kier alpha value is -2.69. The molecule has 0 amide bonds. The summed E-state index contributed by atoms with van der Waals surface area (Å²) in [5.74, 6) is 1.58. The van der Waals surface area contributed by atoms with Crippen LogP contribution in [-0.4, -0.2) is 33.3 Å². The fourth-order valence-corrected chi connectivity index (χ4v) is 3.30. The largest absolute Gasteiger partial charge is 0.486 e. The van der Waals surface area contributed by atoms with Crippen molar-refractivity contribution >= 4 is 11.7 Å². The molecular formula is C21H23NO4. The molecule has 0 saturated heterocycles. The summed E-state index contributed by atoms with van der Waals surface area (Å²) in [6, 6.07) is 14.0. The van der Waals surface area contributed by atoms with Gasteiger partial charge in [-0.3, -0.25) is 4.79 Å². The zero-order valence-electron chi connectivity index (χ0n) is 15.1. The highest BCUT2D eigenvalue weighted by molar-refractivity contribution is 5.77. The van der Waals surface area contributed by atoms with Crippen LogP contribution in [0.5, 0.6) is 11.5 Å². The molecule has 4 rings (SSSR count). The lowest BCUT2D eigenvalue weighted by Crippen LogP contribution is -2.15. The van der Waals surface area contributed by atoms with E-state index in [0.717, 1.165) is 34.7 Å². The van der Waals surface area contributed by atoms with Crippen LogP contribution in [0.2, 0.25) is 0 Å². The van der Waals surface area contributed by atoms with Crippen LogP contribution in [0, 0.1) is 5.92 Å². The van der Waals surface area contributed by atoms with E-state index >= 15 is 0 Å². The average Bonchev–Trinajstić information content (AvgIpc) is 3.47. The Balaban J connectivity index is 1.35. The van der Waals surface area contributed by atoms with E-state index in [-0.39, 0.29) is 17.8 Å². The Labute approximate surface area is 153 Å². The second-order valence-electron chi connectivity index (χ2n) is 7.02. The molecule has 5 heteroatoms. The molecule has 1 aliphatic carbocycles. The minimum atomic E-state index is -0.125. The maximum absolute atomic E-state index is 12.4. The SMILES string of the molecule is CN(C)c1cccc(COC(=O)[C@H]2C[C@H]2c2ccc3c(c2)OCCO3)c1. The van der Waals surface area contributed by atoms with Gasteiger partial charge in [0.2, 0.25) is 0 Å². The van der Waals surface area contributed by atoms with Crippen molar-refractivity contribution in [2.45, 2.75) is 18.9 Å². The lowest BCUT2D eigenvalue weighted by molar-refractivity contribution is -0.146. The van der Waals surface area contributed by atoms with Crippen LogP contribution in [0.15, 0.2) is 42.5 Å². The summed E-state index contributed by atoms with van der Waals surface area (Å²) in [5.41, 5.74) is 3.21. The van der Waals surface area contributed by atoms with E-state index in [2.05, 4.69) is 0 Å². The molecule has 1 fully saturated rings. The summed E-state index contributed by atoms with van der Waals surface area (Å²) in [4.78, 5) is 14.4. The first kappa shape index (κ1) is 16.8. The molecule has 0 bridgehead atoms. The summed E-state index contributed by atoms with van der Waals surface area (Å²) < 4.78 is 16.7. The van der Waals surface area contributed by atoms with E-state index in [4.69, 9.17) is 14.2 Å². The van der Waals surface area contributed by atoms with Gasteiger partial charge in [-0.25, -0.2) is 0 Å². The van der Waals surface area contributed by atoms with Crippen LogP contribution < -0.4 is 14.4 Å². The Bertz CT molecular complexity index is 817. The van der Waals surface area contributed by atoms with Gasteiger partial charge in [-0.1, -0.05) is 18.2 Å². The quantitative estimate of drug-likeness (QED) is 0.772. The fraction of sp³-hybridized carbons (Fsp3) is 0.381. The number of fused-ring (bicyclic) bond motifs is 1. The predicted molar refractivity (Wildman–Crippen MR) is 98.8 cm³/mol. The fourth-order valence-electron chi connectivity index (χ4n) is 3.30. The van der Waals surface area contributed by atoms with Crippen molar-refractivity contribution in [1.29, 1.82) is 0 Å². The highest BCUT2D eigenvalue weighted by Gasteiger charge is 2.45. The van der Waals surface area contributed by atoms with Crippen LogP contribution in [0.1, 0.15) is 23.5 Å². The van der Waals surface area contributed by atoms with Crippen LogP contribution >= 0.6 is 0 Å². The normalized spacial score (nSPS) is 20.4. The highest BCUT2D eigenvalue weighted by Crippen LogP contribution is 2.50. The molecule has 5 nitrogen and oxygen atoms in total. The first-order valence-corrected chi connectivity index (χ1v) is 8.94. The molecule has 0 unspecified atom stereocenters. The van der Waals surface area contributed by atoms with Crippen LogP contribution in [-0.2, 0) is 16.1 Å². The number of anilines is 1. The number of hydrogen-bond acceptors (Lipinski definition) is 5. The lowest BCUT2D eigenvalue weighted by Gasteiger charge is -2.18. The van der Waals surface area contributed by atoms with Crippen molar-refractivity contribution in [3.8, 4) is 11.5 Å². The summed E-state index contributed by atoms with van der Waals surface area (Å²) in [6.45, 7) is 1.46. The number of ether oxygens (including phenoxy) is 3. The minimum absolute atomic E-state index is 0.0606. The number of carbonyl (C=O) groups excluding carboxylic acids is 1. The standard InChI is InChI=1S/C21H23NO4/c1-22(2)16-5-3-4-14(10-16)13-26-21(23)18-12-17(18)15-6-7-19-20(11-15)25-9-8-24-19/h3-7,10-11,17-18H,8-9,12-13H2,1-2H3/t17-,18-/m0/s1. The Morgan fingerprint density at radius 2 is 1.92 bits per heavy atom. The Morgan fingerprint density at radius 3 is 2.73 bits per heavy atom. The van der Waals surface area contributed by atoms with Crippen molar-refractivity contribution in [2.75, 3.05) is 32.2 Å². The smallest absolute Gasteiger partial charge is 0.309 e. The molecule has 2 aromatic rings. The highest BCUT2D eigenvalue weighted by atomic mass is 16.6. The summed E-state index contributed by atoms with van der Waals surface area (Å²) in [5, 5.41) is 0. The molecule has 0 radical (unpaired) electrons. The number of benzene rings is 2. The Kier molecular flexibility index (Phi) is 4.45. The maximum Gasteiger partial charge on any atom is 0.309 e. The number of nitrogens with zero attached hydrogens (tertiary/aromatic N) is 1. The third-order valence-electron chi connectivity index (χ3n) is 4.90. The zero-order chi connectivity index (χ0) is 18.1. The van der Waals surface area contributed by atoms with Gasteiger partial charge >= 0.3 is 5.97 Å². The van der Waals surface area contributed by atoms with E-state index in [1.807, 2.05) is 61.5 Å². The molecule has 26 heavy (non-hydrogen) atoms. The molecule has 1 heterocycles. The molecule has 136 valence electrons. The van der Waals surface area contributed by atoms with E-state index in [1.165, 1.54) is 0 Å². The average molecular weight is 353 g/mol. The molecule has 2 aliphatic rings.